The van der Waals surface area contributed by atoms with E-state index in [1.165, 1.54) is 5.56 Å². The number of aryl methyl sites for hydroxylation is 1. The van der Waals surface area contributed by atoms with E-state index in [0.717, 1.165) is 22.4 Å². The minimum absolute atomic E-state index is 0.440. The van der Waals surface area contributed by atoms with Gasteiger partial charge in [0.05, 0.1) is 5.56 Å². The highest BCUT2D eigenvalue weighted by Gasteiger charge is 2.10. The molecule has 0 unspecified atom stereocenters. The molecule has 0 radical (unpaired) electrons. The van der Waals surface area contributed by atoms with Crippen LogP contribution >= 0.6 is 23.8 Å². The van der Waals surface area contributed by atoms with Gasteiger partial charge in [0, 0.05) is 16.3 Å². The molecule has 0 atom stereocenters. The first kappa shape index (κ1) is 15.5. The van der Waals surface area contributed by atoms with Crippen molar-refractivity contribution in [3.8, 4) is 28.5 Å². The van der Waals surface area contributed by atoms with Crippen LogP contribution in [0, 0.1) is 22.9 Å². The van der Waals surface area contributed by atoms with E-state index in [4.69, 9.17) is 23.8 Å². The minimum atomic E-state index is 0.440. The summed E-state index contributed by atoms with van der Waals surface area (Å²) < 4.78 is 0.440. The van der Waals surface area contributed by atoms with Crippen LogP contribution in [0.15, 0.2) is 54.6 Å². The summed E-state index contributed by atoms with van der Waals surface area (Å²) in [5.41, 5.74) is 5.31. The highest BCUT2D eigenvalue weighted by molar-refractivity contribution is 7.71. The zero-order valence-electron chi connectivity index (χ0n) is 12.4. The molecule has 0 spiro atoms. The highest BCUT2D eigenvalue weighted by atomic mass is 35.5. The molecule has 4 heteroatoms. The van der Waals surface area contributed by atoms with E-state index >= 15 is 0 Å². The maximum atomic E-state index is 9.45. The molecular weight excluding hydrogens is 324 g/mol. The maximum absolute atomic E-state index is 9.45. The van der Waals surface area contributed by atoms with E-state index in [1.807, 2.05) is 61.5 Å². The van der Waals surface area contributed by atoms with Crippen LogP contribution in [0.25, 0.3) is 22.4 Å². The summed E-state index contributed by atoms with van der Waals surface area (Å²) in [6.45, 7) is 2.05. The second-order valence-corrected chi connectivity index (χ2v) is 6.13. The van der Waals surface area contributed by atoms with Crippen molar-refractivity contribution in [3.63, 3.8) is 0 Å². The molecule has 23 heavy (non-hydrogen) atoms. The number of halogens is 1. The number of pyridine rings is 1. The van der Waals surface area contributed by atoms with Gasteiger partial charge in [0.2, 0.25) is 0 Å². The van der Waals surface area contributed by atoms with Crippen molar-refractivity contribution in [2.24, 2.45) is 0 Å². The normalized spacial score (nSPS) is 10.3. The first-order valence-electron chi connectivity index (χ1n) is 7.09. The molecule has 1 N–H and O–H groups in total. The van der Waals surface area contributed by atoms with Crippen LogP contribution in [-0.2, 0) is 0 Å². The number of nitrogens with one attached hydrogen (secondary N) is 1. The van der Waals surface area contributed by atoms with Crippen LogP contribution in [0.4, 0.5) is 0 Å². The van der Waals surface area contributed by atoms with Crippen molar-refractivity contribution in [2.45, 2.75) is 6.92 Å². The molecule has 3 rings (SSSR count). The Hall–Kier alpha value is -2.41. The van der Waals surface area contributed by atoms with Gasteiger partial charge in [-0.1, -0.05) is 65.8 Å². The van der Waals surface area contributed by atoms with E-state index in [1.54, 1.807) is 0 Å². The Balaban J connectivity index is 2.22. The molecule has 0 aliphatic rings. The fraction of sp³-hybridized carbons (Fsp3) is 0.0526. The fourth-order valence-corrected chi connectivity index (χ4v) is 2.81. The largest absolute Gasteiger partial charge is 0.345 e. The van der Waals surface area contributed by atoms with Gasteiger partial charge in [-0.3, -0.25) is 0 Å². The molecule has 0 saturated carbocycles. The van der Waals surface area contributed by atoms with Crippen molar-refractivity contribution in [2.75, 3.05) is 0 Å². The van der Waals surface area contributed by atoms with Crippen molar-refractivity contribution < 1.29 is 0 Å². The molecule has 0 aliphatic heterocycles. The fourth-order valence-electron chi connectivity index (χ4n) is 2.42. The van der Waals surface area contributed by atoms with Crippen LogP contribution in [0.1, 0.15) is 11.1 Å². The Bertz CT molecular complexity index is 949. The molecule has 2 nitrogen and oxygen atoms in total. The number of rotatable bonds is 2. The maximum Gasteiger partial charge on any atom is 0.122 e. The summed E-state index contributed by atoms with van der Waals surface area (Å²) in [5.74, 6) is 0. The van der Waals surface area contributed by atoms with Crippen LogP contribution in [0.5, 0.6) is 0 Å². The van der Waals surface area contributed by atoms with E-state index < -0.39 is 0 Å². The lowest BCUT2D eigenvalue weighted by Gasteiger charge is -2.09. The predicted octanol–water partition coefficient (Wildman–Crippen LogP) is 5.91. The van der Waals surface area contributed by atoms with Crippen molar-refractivity contribution in [1.29, 1.82) is 5.26 Å². The van der Waals surface area contributed by atoms with Crippen LogP contribution in [0.3, 0.4) is 0 Å². The standard InChI is InChI=1S/C19H13ClN2S/c1-12-2-4-14(5-3-12)18-10-16(17(11-21)19(23)22-18)13-6-8-15(20)9-7-13/h2-10H,1H3,(H,22,23). The molecule has 1 aromatic heterocycles. The Morgan fingerprint density at radius 3 is 2.22 bits per heavy atom. The number of hydrogen-bond acceptors (Lipinski definition) is 2. The summed E-state index contributed by atoms with van der Waals surface area (Å²) in [4.78, 5) is 3.15. The lowest BCUT2D eigenvalue weighted by atomic mass is 9.99. The van der Waals surface area contributed by atoms with Crippen LogP contribution in [0.2, 0.25) is 5.02 Å². The van der Waals surface area contributed by atoms with Gasteiger partial charge >= 0.3 is 0 Å². The van der Waals surface area contributed by atoms with E-state index in [-0.39, 0.29) is 0 Å². The van der Waals surface area contributed by atoms with Crippen molar-refractivity contribution in [3.05, 3.63) is 75.4 Å². The number of benzene rings is 2. The zero-order valence-corrected chi connectivity index (χ0v) is 14.0. The third-order valence-corrected chi connectivity index (χ3v) is 4.22. The number of aromatic nitrogens is 1. The van der Waals surface area contributed by atoms with Gasteiger partial charge in [-0.25, -0.2) is 0 Å². The van der Waals surface area contributed by atoms with Gasteiger partial charge < -0.3 is 4.98 Å². The molecule has 112 valence electrons. The number of nitrogens with zero attached hydrogens (tertiary/aromatic N) is 1. The average Bonchev–Trinajstić information content (AvgIpc) is 2.55. The van der Waals surface area contributed by atoms with Gasteiger partial charge in [-0.05, 0) is 36.2 Å². The lowest BCUT2D eigenvalue weighted by molar-refractivity contribution is 1.27. The number of H-pyrrole nitrogens is 1. The summed E-state index contributed by atoms with van der Waals surface area (Å²) in [6.07, 6.45) is 0. The van der Waals surface area contributed by atoms with E-state index in [9.17, 15) is 5.26 Å². The smallest absolute Gasteiger partial charge is 0.122 e. The summed E-state index contributed by atoms with van der Waals surface area (Å²) in [7, 11) is 0. The van der Waals surface area contributed by atoms with Gasteiger partial charge in [0.25, 0.3) is 0 Å². The Morgan fingerprint density at radius 2 is 1.61 bits per heavy atom. The summed E-state index contributed by atoms with van der Waals surface area (Å²) >= 11 is 11.3. The van der Waals surface area contributed by atoms with Gasteiger partial charge in [-0.15, -0.1) is 0 Å². The molecular formula is C19H13ClN2S. The summed E-state index contributed by atoms with van der Waals surface area (Å²) in [5, 5.41) is 10.1. The van der Waals surface area contributed by atoms with Crippen molar-refractivity contribution in [1.82, 2.24) is 4.98 Å². The van der Waals surface area contributed by atoms with Gasteiger partial charge in [0.1, 0.15) is 10.7 Å². The number of hydrogen-bond donors (Lipinski definition) is 1. The lowest BCUT2D eigenvalue weighted by Crippen LogP contribution is -1.93. The second-order valence-electron chi connectivity index (χ2n) is 5.29. The zero-order chi connectivity index (χ0) is 16.4. The second kappa shape index (κ2) is 6.37. The van der Waals surface area contributed by atoms with Crippen LogP contribution < -0.4 is 0 Å². The predicted molar refractivity (Wildman–Crippen MR) is 97.0 cm³/mol. The summed E-state index contributed by atoms with van der Waals surface area (Å²) in [6, 6.07) is 19.7. The number of aromatic amines is 1. The highest BCUT2D eigenvalue weighted by Crippen LogP contribution is 2.29. The first-order valence-corrected chi connectivity index (χ1v) is 7.87. The SMILES string of the molecule is Cc1ccc(-c2cc(-c3ccc(Cl)cc3)c(C#N)c(=S)[nH]2)cc1. The molecule has 0 amide bonds. The molecule has 2 aromatic carbocycles. The van der Waals surface area contributed by atoms with Gasteiger partial charge in [0.15, 0.2) is 0 Å². The molecule has 1 heterocycles. The van der Waals surface area contributed by atoms with Gasteiger partial charge in [-0.2, -0.15) is 5.26 Å². The Labute approximate surface area is 145 Å². The number of nitriles is 1. The Kier molecular flexibility index (Phi) is 4.29. The average molecular weight is 337 g/mol. The molecule has 0 bridgehead atoms. The molecule has 0 fully saturated rings. The van der Waals surface area contributed by atoms with E-state index in [0.29, 0.717) is 15.2 Å². The molecule has 3 aromatic rings. The molecule has 0 aliphatic carbocycles. The van der Waals surface area contributed by atoms with Crippen LogP contribution in [-0.4, -0.2) is 4.98 Å². The monoisotopic (exact) mass is 336 g/mol. The minimum Gasteiger partial charge on any atom is -0.345 e. The van der Waals surface area contributed by atoms with E-state index in [2.05, 4.69) is 11.1 Å². The topological polar surface area (TPSA) is 39.6 Å². The third kappa shape index (κ3) is 3.19. The third-order valence-electron chi connectivity index (χ3n) is 3.66. The molecule has 0 saturated heterocycles. The quantitative estimate of drug-likeness (QED) is 0.591. The van der Waals surface area contributed by atoms with Crippen molar-refractivity contribution >= 4 is 23.8 Å². The Morgan fingerprint density at radius 1 is 1.00 bits per heavy atom. The first-order chi connectivity index (χ1) is 11.1.